The van der Waals surface area contributed by atoms with Gasteiger partial charge in [0.05, 0.1) is 36.8 Å². The molecule has 17 heteroatoms. The molecule has 3 aromatic heterocycles. The smallest absolute Gasteiger partial charge is 0.410 e. The maximum absolute atomic E-state index is 13.1. The van der Waals surface area contributed by atoms with Crippen LogP contribution in [0.25, 0.3) is 5.82 Å². The molecule has 0 spiro atoms. The molecule has 0 aromatic carbocycles. The van der Waals surface area contributed by atoms with Gasteiger partial charge in [-0.3, -0.25) is 9.52 Å². The fraction of sp³-hybridized carbons (Fsp3) is 0.559. The Hall–Kier alpha value is -3.76. The van der Waals surface area contributed by atoms with Crippen LogP contribution in [0.5, 0.6) is 5.88 Å². The first kappa shape index (κ1) is 38.5. The summed E-state index contributed by atoms with van der Waals surface area (Å²) in [6.07, 6.45) is -1.73. The number of nitrogens with zero attached hydrogens (tertiary/aromatic N) is 5. The molecule has 2 N–H and O–H groups in total. The second-order valence-electron chi connectivity index (χ2n) is 14.3. The summed E-state index contributed by atoms with van der Waals surface area (Å²) in [5.74, 6) is 0.688. The van der Waals surface area contributed by atoms with Gasteiger partial charge >= 0.3 is 12.3 Å². The molecule has 5 rings (SSSR count). The lowest BCUT2D eigenvalue weighted by molar-refractivity contribution is -0.189. The second-order valence-corrected chi connectivity index (χ2v) is 15.4. The molecule has 0 radical (unpaired) electrons. The quantitative estimate of drug-likeness (QED) is 0.0971. The maximum atomic E-state index is 13.1. The van der Waals surface area contributed by atoms with Crippen molar-refractivity contribution in [3.05, 3.63) is 53.3 Å². The first-order chi connectivity index (χ1) is 23.9. The topological polar surface area (TPSA) is 133 Å². The number of hydrogen-bond acceptors (Lipinski definition) is 10. The van der Waals surface area contributed by atoms with E-state index in [4.69, 9.17) is 25.8 Å². The van der Waals surface area contributed by atoms with Crippen molar-refractivity contribution in [3.63, 3.8) is 0 Å². The largest absolute Gasteiger partial charge is 0.477 e. The Balaban J connectivity index is 1.04. The lowest BCUT2D eigenvalue weighted by Gasteiger charge is -2.33. The van der Waals surface area contributed by atoms with Crippen LogP contribution in [-0.2, 0) is 9.47 Å². The van der Waals surface area contributed by atoms with Gasteiger partial charge in [0.2, 0.25) is 5.88 Å². The molecule has 4 heterocycles. The number of nitrogens with one attached hydrogen (secondary N) is 2. The van der Waals surface area contributed by atoms with Crippen molar-refractivity contribution in [2.75, 3.05) is 31.6 Å². The lowest BCUT2D eigenvalue weighted by Crippen LogP contribution is -2.45. The van der Waals surface area contributed by atoms with Crippen molar-refractivity contribution in [3.8, 4) is 11.7 Å². The van der Waals surface area contributed by atoms with Crippen molar-refractivity contribution >= 4 is 41.4 Å². The summed E-state index contributed by atoms with van der Waals surface area (Å²) in [4.78, 5) is 36.1. The predicted molar refractivity (Wildman–Crippen MR) is 186 cm³/mol. The molecule has 1 saturated heterocycles. The Morgan fingerprint density at radius 3 is 2.53 bits per heavy atom. The molecule has 3 aromatic rings. The van der Waals surface area contributed by atoms with Gasteiger partial charge < -0.3 is 24.4 Å². The Morgan fingerprint density at radius 1 is 1.08 bits per heavy atom. The zero-order valence-corrected chi connectivity index (χ0v) is 30.8. The van der Waals surface area contributed by atoms with Crippen LogP contribution < -0.4 is 14.8 Å². The lowest BCUT2D eigenvalue weighted by atomic mass is 10.0. The second kappa shape index (κ2) is 15.5. The fourth-order valence-corrected chi connectivity index (χ4v) is 6.54. The standard InChI is InChI=1S/C34H43ClF3N7O5S/c1-31(2,3)50-30(47)44-21-22(20-32(44,4)5)48-19-16-39-24-8-6-9-27(40-24)51-43-29(46)23-10-11-25(41-28(23)35)45-17-12-26(42-45)49-18-7-13-33(14-15-33)34(36,37)38/h6,8-12,17,22H,7,13-16,18-21H2,1-5H3,(H,39,40)(H,43,46). The molecule has 2 aliphatic rings. The van der Waals surface area contributed by atoms with Gasteiger partial charge in [-0.1, -0.05) is 17.7 Å². The van der Waals surface area contributed by atoms with Crippen molar-refractivity contribution in [2.45, 2.75) is 95.2 Å². The molecule has 12 nitrogen and oxygen atoms in total. The van der Waals surface area contributed by atoms with E-state index in [0.29, 0.717) is 42.8 Å². The van der Waals surface area contributed by atoms with Gasteiger partial charge in [-0.05, 0) is 91.0 Å². The molecule has 1 saturated carbocycles. The highest BCUT2D eigenvalue weighted by atomic mass is 35.5. The monoisotopic (exact) mass is 753 g/mol. The number of pyridine rings is 2. The zero-order chi connectivity index (χ0) is 37.0. The summed E-state index contributed by atoms with van der Waals surface area (Å²) >= 11 is 7.37. The number of rotatable bonds is 14. The third-order valence-electron chi connectivity index (χ3n) is 8.57. The van der Waals surface area contributed by atoms with Crippen molar-refractivity contribution in [1.82, 2.24) is 29.4 Å². The number of carbonyl (C=O) groups excluding carboxylic acids is 2. The first-order valence-electron chi connectivity index (χ1n) is 16.7. The predicted octanol–water partition coefficient (Wildman–Crippen LogP) is 7.47. The molecule has 1 unspecified atom stereocenters. The number of alkyl halides is 3. The summed E-state index contributed by atoms with van der Waals surface area (Å²) in [7, 11) is 0. The summed E-state index contributed by atoms with van der Waals surface area (Å²) < 4.78 is 60.6. The molecule has 2 amide bonds. The van der Waals surface area contributed by atoms with E-state index in [1.807, 2.05) is 34.6 Å². The molecule has 2 fully saturated rings. The van der Waals surface area contributed by atoms with Crippen molar-refractivity contribution in [1.29, 1.82) is 0 Å². The fourth-order valence-electron chi connectivity index (χ4n) is 5.71. The average Bonchev–Trinajstić information content (AvgIpc) is 3.59. The Morgan fingerprint density at radius 2 is 1.84 bits per heavy atom. The SMILES string of the molecule is CC(C)(C)OC(=O)N1CC(OCCNc2cccc(SNC(=O)c3ccc(-n4ccc(OCCCC5(C(F)(F)F)CC5)n4)nc3Cl)n2)CC1(C)C. The summed E-state index contributed by atoms with van der Waals surface area (Å²) in [6, 6.07) is 10.0. The van der Waals surface area contributed by atoms with Crippen LogP contribution in [0.2, 0.25) is 5.15 Å². The van der Waals surface area contributed by atoms with E-state index in [-0.39, 0.29) is 66.6 Å². The van der Waals surface area contributed by atoms with Gasteiger partial charge in [0.15, 0.2) is 5.82 Å². The van der Waals surface area contributed by atoms with E-state index >= 15 is 0 Å². The van der Waals surface area contributed by atoms with Crippen LogP contribution in [0.15, 0.2) is 47.6 Å². The minimum absolute atomic E-state index is 0.0310. The van der Waals surface area contributed by atoms with E-state index < -0.39 is 23.1 Å². The highest BCUT2D eigenvalue weighted by molar-refractivity contribution is 7.97. The van der Waals surface area contributed by atoms with Gasteiger partial charge in [-0.25, -0.2) is 19.4 Å². The Bertz CT molecular complexity index is 1700. The molecular formula is C34H43ClF3N7O5S. The van der Waals surface area contributed by atoms with E-state index in [0.717, 1.165) is 11.9 Å². The zero-order valence-electron chi connectivity index (χ0n) is 29.2. The molecule has 278 valence electrons. The van der Waals surface area contributed by atoms with E-state index in [2.05, 4.69) is 25.1 Å². The number of halogens is 4. The number of ether oxygens (including phenoxy) is 3. The number of likely N-dealkylation sites (tertiary alicyclic amines) is 1. The molecule has 51 heavy (non-hydrogen) atoms. The molecule has 1 aliphatic heterocycles. The molecule has 0 bridgehead atoms. The summed E-state index contributed by atoms with van der Waals surface area (Å²) in [5, 5.41) is 7.96. The van der Waals surface area contributed by atoms with Crippen LogP contribution in [-0.4, -0.2) is 86.4 Å². The third kappa shape index (κ3) is 10.2. The number of aromatic nitrogens is 4. The molecule has 1 atom stereocenters. The minimum Gasteiger partial charge on any atom is -0.477 e. The number of carbonyl (C=O) groups is 2. The number of amides is 2. The number of hydrogen-bond donors (Lipinski definition) is 2. The Labute approximate surface area is 304 Å². The Kier molecular flexibility index (Phi) is 11.7. The van der Waals surface area contributed by atoms with Gasteiger partial charge in [-0.15, -0.1) is 5.10 Å². The van der Waals surface area contributed by atoms with Gasteiger partial charge in [-0.2, -0.15) is 13.2 Å². The van der Waals surface area contributed by atoms with Crippen molar-refractivity contribution in [2.24, 2.45) is 5.41 Å². The molecular weight excluding hydrogens is 711 g/mol. The maximum Gasteiger partial charge on any atom is 0.410 e. The van der Waals surface area contributed by atoms with Crippen molar-refractivity contribution < 1.29 is 37.0 Å². The number of anilines is 1. The van der Waals surface area contributed by atoms with Gasteiger partial charge in [0.25, 0.3) is 5.91 Å². The van der Waals surface area contributed by atoms with E-state index in [1.54, 1.807) is 41.4 Å². The minimum atomic E-state index is -4.18. The highest BCUT2D eigenvalue weighted by Gasteiger charge is 2.62. The average molecular weight is 754 g/mol. The highest BCUT2D eigenvalue weighted by Crippen LogP contribution is 2.60. The van der Waals surface area contributed by atoms with E-state index in [1.165, 1.54) is 10.7 Å². The summed E-state index contributed by atoms with van der Waals surface area (Å²) in [5.41, 5.74) is -2.37. The van der Waals surface area contributed by atoms with Gasteiger partial charge in [0.1, 0.15) is 21.6 Å². The van der Waals surface area contributed by atoms with Crippen LogP contribution in [0, 0.1) is 5.41 Å². The van der Waals surface area contributed by atoms with Gasteiger partial charge in [0, 0.05) is 36.3 Å². The first-order valence-corrected chi connectivity index (χ1v) is 17.9. The van der Waals surface area contributed by atoms with Crippen LogP contribution in [0.4, 0.5) is 23.8 Å². The third-order valence-corrected chi connectivity index (χ3v) is 9.59. The van der Waals surface area contributed by atoms with Crippen LogP contribution in [0.1, 0.15) is 77.1 Å². The normalized spacial score (nSPS) is 18.0. The molecule has 1 aliphatic carbocycles. The summed E-state index contributed by atoms with van der Waals surface area (Å²) in [6.45, 7) is 11.0. The van der Waals surface area contributed by atoms with Crippen LogP contribution in [0.3, 0.4) is 0 Å². The van der Waals surface area contributed by atoms with Crippen LogP contribution >= 0.6 is 23.5 Å². The van der Waals surface area contributed by atoms with E-state index in [9.17, 15) is 22.8 Å².